The van der Waals surface area contributed by atoms with E-state index in [1.54, 1.807) is 0 Å². The monoisotopic (exact) mass is 444 g/mol. The highest BCUT2D eigenvalue weighted by molar-refractivity contribution is 5.23. The minimum Gasteiger partial charge on any atom is -0.343 e. The maximum absolute atomic E-state index is 6.75. The van der Waals surface area contributed by atoms with Gasteiger partial charge in [0.25, 0.3) is 0 Å². The lowest BCUT2D eigenvalue weighted by atomic mass is 9.91. The van der Waals surface area contributed by atoms with Crippen LogP contribution in [0.1, 0.15) is 36.1 Å². The van der Waals surface area contributed by atoms with Gasteiger partial charge in [-0.15, -0.1) is 0 Å². The van der Waals surface area contributed by atoms with E-state index in [2.05, 4.69) is 91.1 Å². The third-order valence-electron chi connectivity index (χ3n) is 6.25. The normalized spacial score (nSPS) is 21.6. The van der Waals surface area contributed by atoms with E-state index >= 15 is 0 Å². The van der Waals surface area contributed by atoms with E-state index in [0.717, 1.165) is 19.4 Å². The molecule has 1 fully saturated rings. The SMILES string of the molecule is Cc1cccc(CNC(Cc2ccccc2)C2OC(C)(C)OC2C(N)Cc2ccccc2)c1. The van der Waals surface area contributed by atoms with Crippen molar-refractivity contribution >= 4 is 0 Å². The van der Waals surface area contributed by atoms with E-state index in [4.69, 9.17) is 15.2 Å². The van der Waals surface area contributed by atoms with E-state index in [-0.39, 0.29) is 24.3 Å². The molecule has 0 radical (unpaired) electrons. The zero-order valence-corrected chi connectivity index (χ0v) is 19.9. The summed E-state index contributed by atoms with van der Waals surface area (Å²) in [5, 5.41) is 3.78. The number of nitrogens with one attached hydrogen (secondary N) is 1. The fourth-order valence-electron chi connectivity index (χ4n) is 4.71. The molecule has 1 heterocycles. The van der Waals surface area contributed by atoms with E-state index in [9.17, 15) is 0 Å². The molecule has 1 saturated heterocycles. The van der Waals surface area contributed by atoms with Crippen molar-refractivity contribution in [1.29, 1.82) is 0 Å². The minimum absolute atomic E-state index is 0.0570. The predicted octanol–water partition coefficient (Wildman–Crippen LogP) is 4.79. The van der Waals surface area contributed by atoms with Gasteiger partial charge < -0.3 is 20.5 Å². The average molecular weight is 445 g/mol. The molecule has 4 unspecified atom stereocenters. The van der Waals surface area contributed by atoms with E-state index < -0.39 is 5.79 Å². The first-order valence-corrected chi connectivity index (χ1v) is 11.9. The molecule has 3 N–H and O–H groups in total. The number of aryl methyl sites for hydroxylation is 1. The summed E-state index contributed by atoms with van der Waals surface area (Å²) in [6.07, 6.45) is 1.21. The Morgan fingerprint density at radius 3 is 2.00 bits per heavy atom. The molecule has 4 rings (SSSR count). The van der Waals surface area contributed by atoms with Crippen LogP contribution in [0, 0.1) is 6.92 Å². The molecule has 4 nitrogen and oxygen atoms in total. The summed E-state index contributed by atoms with van der Waals surface area (Å²) in [4.78, 5) is 0. The molecular formula is C29H36N2O2. The minimum atomic E-state index is -0.677. The molecule has 0 spiro atoms. The Labute approximate surface area is 198 Å². The molecule has 0 saturated carbocycles. The molecule has 1 aliphatic rings. The predicted molar refractivity (Wildman–Crippen MR) is 134 cm³/mol. The Balaban J connectivity index is 1.56. The summed E-state index contributed by atoms with van der Waals surface area (Å²) in [5.41, 5.74) is 11.7. The highest BCUT2D eigenvalue weighted by Gasteiger charge is 2.47. The molecule has 4 heteroatoms. The van der Waals surface area contributed by atoms with Gasteiger partial charge in [0.15, 0.2) is 5.79 Å². The number of hydrogen-bond acceptors (Lipinski definition) is 4. The van der Waals surface area contributed by atoms with Crippen molar-refractivity contribution in [3.8, 4) is 0 Å². The quantitative estimate of drug-likeness (QED) is 0.498. The van der Waals surface area contributed by atoms with Gasteiger partial charge in [0, 0.05) is 18.6 Å². The third kappa shape index (κ3) is 6.52. The van der Waals surface area contributed by atoms with Crippen molar-refractivity contribution in [1.82, 2.24) is 5.32 Å². The second-order valence-electron chi connectivity index (χ2n) is 9.58. The highest BCUT2D eigenvalue weighted by Crippen LogP contribution is 2.33. The van der Waals surface area contributed by atoms with Crippen molar-refractivity contribution in [3.05, 3.63) is 107 Å². The van der Waals surface area contributed by atoms with Gasteiger partial charge in [-0.1, -0.05) is 90.5 Å². The zero-order valence-electron chi connectivity index (χ0n) is 19.9. The fraction of sp³-hybridized carbons (Fsp3) is 0.379. The molecule has 0 bridgehead atoms. The Bertz CT molecular complexity index is 1010. The lowest BCUT2D eigenvalue weighted by Gasteiger charge is -2.30. The summed E-state index contributed by atoms with van der Waals surface area (Å²) in [5.74, 6) is -0.677. The second kappa shape index (κ2) is 10.6. The average Bonchev–Trinajstić information content (AvgIpc) is 3.13. The van der Waals surface area contributed by atoms with Crippen LogP contribution in [0.2, 0.25) is 0 Å². The lowest BCUT2D eigenvalue weighted by Crippen LogP contribution is -2.52. The van der Waals surface area contributed by atoms with Crippen LogP contribution in [-0.2, 0) is 28.9 Å². The first kappa shape index (κ1) is 23.7. The van der Waals surface area contributed by atoms with Crippen LogP contribution >= 0.6 is 0 Å². The zero-order chi connectivity index (χ0) is 23.3. The van der Waals surface area contributed by atoms with E-state index in [1.165, 1.54) is 22.3 Å². The Kier molecular flexibility index (Phi) is 7.61. The molecule has 0 aliphatic carbocycles. The first-order valence-electron chi connectivity index (χ1n) is 11.9. The number of benzene rings is 3. The standard InChI is InChI=1S/C29H36N2O2/c1-21-11-10-16-24(17-21)20-31-26(19-23-14-8-5-9-15-23)28-27(32-29(2,3)33-28)25(30)18-22-12-6-4-7-13-22/h4-17,25-28,31H,18-20,30H2,1-3H3. The molecule has 0 amide bonds. The van der Waals surface area contributed by atoms with Crippen LogP contribution in [0.5, 0.6) is 0 Å². The van der Waals surface area contributed by atoms with Crippen molar-refractivity contribution in [2.24, 2.45) is 5.73 Å². The Morgan fingerprint density at radius 2 is 1.36 bits per heavy atom. The topological polar surface area (TPSA) is 56.5 Å². The molecule has 0 aromatic heterocycles. The third-order valence-corrected chi connectivity index (χ3v) is 6.25. The van der Waals surface area contributed by atoms with Crippen molar-refractivity contribution in [2.45, 2.75) is 70.2 Å². The summed E-state index contributed by atoms with van der Waals surface area (Å²) >= 11 is 0. The highest BCUT2D eigenvalue weighted by atomic mass is 16.8. The largest absolute Gasteiger partial charge is 0.343 e. The molecule has 33 heavy (non-hydrogen) atoms. The van der Waals surface area contributed by atoms with Crippen molar-refractivity contribution in [2.75, 3.05) is 0 Å². The summed E-state index contributed by atoms with van der Waals surface area (Å²) < 4.78 is 12.9. The molecule has 3 aromatic rings. The van der Waals surface area contributed by atoms with E-state index in [0.29, 0.717) is 0 Å². The van der Waals surface area contributed by atoms with Gasteiger partial charge >= 0.3 is 0 Å². The van der Waals surface area contributed by atoms with Gasteiger partial charge in [0.1, 0.15) is 12.2 Å². The van der Waals surface area contributed by atoms with Gasteiger partial charge in [-0.25, -0.2) is 0 Å². The van der Waals surface area contributed by atoms with Crippen molar-refractivity contribution in [3.63, 3.8) is 0 Å². The van der Waals surface area contributed by atoms with Crippen LogP contribution in [0.25, 0.3) is 0 Å². The molecule has 174 valence electrons. The van der Waals surface area contributed by atoms with Gasteiger partial charge in [0.05, 0.1) is 0 Å². The van der Waals surface area contributed by atoms with Gasteiger partial charge in [-0.3, -0.25) is 0 Å². The number of nitrogens with two attached hydrogens (primary N) is 1. The smallest absolute Gasteiger partial charge is 0.163 e. The number of rotatable bonds is 9. The number of ether oxygens (including phenoxy) is 2. The van der Waals surface area contributed by atoms with Crippen LogP contribution in [0.4, 0.5) is 0 Å². The lowest BCUT2D eigenvalue weighted by molar-refractivity contribution is -0.150. The van der Waals surface area contributed by atoms with Crippen LogP contribution in [0.3, 0.4) is 0 Å². The van der Waals surface area contributed by atoms with Crippen LogP contribution < -0.4 is 11.1 Å². The van der Waals surface area contributed by atoms with Gasteiger partial charge in [0.2, 0.25) is 0 Å². The second-order valence-corrected chi connectivity index (χ2v) is 9.58. The maximum Gasteiger partial charge on any atom is 0.163 e. The fourth-order valence-corrected chi connectivity index (χ4v) is 4.71. The first-order chi connectivity index (χ1) is 15.9. The number of hydrogen-bond donors (Lipinski definition) is 2. The Hall–Kier alpha value is -2.50. The molecule has 4 atom stereocenters. The summed E-state index contributed by atoms with van der Waals surface area (Å²) in [6.45, 7) is 6.85. The summed E-state index contributed by atoms with van der Waals surface area (Å²) in [7, 11) is 0. The van der Waals surface area contributed by atoms with Gasteiger partial charge in [-0.2, -0.15) is 0 Å². The van der Waals surface area contributed by atoms with Crippen LogP contribution in [-0.4, -0.2) is 30.1 Å². The Morgan fingerprint density at radius 1 is 0.788 bits per heavy atom. The molecule has 3 aromatic carbocycles. The summed E-state index contributed by atoms with van der Waals surface area (Å²) in [6, 6.07) is 29.4. The van der Waals surface area contributed by atoms with E-state index in [1.807, 2.05) is 19.9 Å². The van der Waals surface area contributed by atoms with Crippen LogP contribution in [0.15, 0.2) is 84.9 Å². The van der Waals surface area contributed by atoms with Crippen molar-refractivity contribution < 1.29 is 9.47 Å². The van der Waals surface area contributed by atoms with Gasteiger partial charge in [-0.05, 0) is 50.3 Å². The molecule has 1 aliphatic heterocycles. The molecular weight excluding hydrogens is 408 g/mol. The maximum atomic E-state index is 6.75.